The van der Waals surface area contributed by atoms with Crippen LogP contribution < -0.4 is 14.4 Å². The maximum atomic E-state index is 12.2. The van der Waals surface area contributed by atoms with Gasteiger partial charge in [-0.1, -0.05) is 11.6 Å². The first-order valence-electron chi connectivity index (χ1n) is 7.28. The van der Waals surface area contributed by atoms with Gasteiger partial charge in [-0.15, -0.1) is 0 Å². The first-order chi connectivity index (χ1) is 11.8. The molecule has 1 aromatic carbocycles. The van der Waals surface area contributed by atoms with Crippen LogP contribution in [-0.4, -0.2) is 39.2 Å². The Labute approximate surface area is 151 Å². The van der Waals surface area contributed by atoms with Gasteiger partial charge >= 0.3 is 0 Å². The molecule has 0 aliphatic heterocycles. The van der Waals surface area contributed by atoms with Gasteiger partial charge in [-0.05, 0) is 35.9 Å². The molecule has 25 heavy (non-hydrogen) atoms. The highest BCUT2D eigenvalue weighted by Crippen LogP contribution is 2.32. The summed E-state index contributed by atoms with van der Waals surface area (Å²) in [6, 6.07) is 8.08. The molecule has 0 saturated carbocycles. The molecule has 0 aliphatic rings. The fourth-order valence-corrected chi connectivity index (χ4v) is 3.14. The van der Waals surface area contributed by atoms with Crippen LogP contribution in [0.1, 0.15) is 5.56 Å². The summed E-state index contributed by atoms with van der Waals surface area (Å²) in [4.78, 5) is 16.1. The van der Waals surface area contributed by atoms with Gasteiger partial charge in [0.1, 0.15) is 12.3 Å². The summed E-state index contributed by atoms with van der Waals surface area (Å²) in [5.41, 5.74) is 1.06. The second-order valence-corrected chi connectivity index (χ2v) is 7.56. The van der Waals surface area contributed by atoms with Crippen molar-refractivity contribution < 1.29 is 17.9 Å². The molecule has 0 aliphatic carbocycles. The molecule has 2 aromatic rings. The number of anilines is 1. The minimum Gasteiger partial charge on any atom is -0.495 e. The van der Waals surface area contributed by atoms with Crippen molar-refractivity contribution in [3.05, 3.63) is 53.3 Å². The van der Waals surface area contributed by atoms with Gasteiger partial charge in [0, 0.05) is 24.0 Å². The zero-order valence-corrected chi connectivity index (χ0v) is 15.3. The van der Waals surface area contributed by atoms with Crippen LogP contribution in [-0.2, 0) is 21.4 Å². The van der Waals surface area contributed by atoms with Crippen LogP contribution in [0.4, 0.5) is 5.69 Å². The molecule has 1 amide bonds. The van der Waals surface area contributed by atoms with E-state index in [9.17, 15) is 13.2 Å². The van der Waals surface area contributed by atoms with Crippen LogP contribution in [0.15, 0.2) is 42.7 Å². The molecule has 0 radical (unpaired) electrons. The zero-order chi connectivity index (χ0) is 18.4. The largest absolute Gasteiger partial charge is 0.495 e. The molecule has 0 fully saturated rings. The summed E-state index contributed by atoms with van der Waals surface area (Å²) >= 11 is 5.96. The molecule has 134 valence electrons. The molecule has 0 saturated heterocycles. The van der Waals surface area contributed by atoms with Crippen LogP contribution in [0, 0.1) is 0 Å². The van der Waals surface area contributed by atoms with Crippen molar-refractivity contribution in [2.24, 2.45) is 0 Å². The summed E-state index contributed by atoms with van der Waals surface area (Å²) in [6.45, 7) is -0.119. The van der Waals surface area contributed by atoms with E-state index >= 15 is 0 Å². The lowest BCUT2D eigenvalue weighted by Crippen LogP contribution is -2.40. The minimum atomic E-state index is -3.72. The number of sulfonamides is 1. The number of hydrogen-bond acceptors (Lipinski definition) is 5. The highest BCUT2D eigenvalue weighted by atomic mass is 35.5. The second-order valence-electron chi connectivity index (χ2n) is 5.22. The van der Waals surface area contributed by atoms with E-state index < -0.39 is 15.9 Å². The van der Waals surface area contributed by atoms with Crippen LogP contribution in [0.3, 0.4) is 0 Å². The van der Waals surface area contributed by atoms with Crippen LogP contribution >= 0.6 is 11.6 Å². The lowest BCUT2D eigenvalue weighted by Gasteiger charge is -2.24. The second kappa shape index (κ2) is 8.17. The Morgan fingerprint density at radius 3 is 2.56 bits per heavy atom. The number of halogens is 1. The highest BCUT2D eigenvalue weighted by Gasteiger charge is 2.24. The average Bonchev–Trinajstić information content (AvgIpc) is 2.57. The quantitative estimate of drug-likeness (QED) is 0.787. The number of methoxy groups -OCH3 is 1. The molecule has 1 N–H and O–H groups in total. The number of hydrogen-bond donors (Lipinski definition) is 1. The maximum absolute atomic E-state index is 12.2. The lowest BCUT2D eigenvalue weighted by molar-refractivity contribution is -0.119. The number of amides is 1. The number of rotatable bonds is 7. The Morgan fingerprint density at radius 2 is 1.96 bits per heavy atom. The maximum Gasteiger partial charge on any atom is 0.241 e. The molecule has 2 rings (SSSR count). The molecular formula is C16H18ClN3O4S. The van der Waals surface area contributed by atoms with Gasteiger partial charge in [-0.3, -0.25) is 14.1 Å². The van der Waals surface area contributed by atoms with E-state index in [1.807, 2.05) is 0 Å². The van der Waals surface area contributed by atoms with Crippen LogP contribution in [0.25, 0.3) is 0 Å². The summed E-state index contributed by atoms with van der Waals surface area (Å²) in [6.07, 6.45) is 4.24. The highest BCUT2D eigenvalue weighted by molar-refractivity contribution is 7.92. The number of pyridine rings is 1. The van der Waals surface area contributed by atoms with E-state index in [1.54, 1.807) is 36.7 Å². The zero-order valence-electron chi connectivity index (χ0n) is 13.8. The van der Waals surface area contributed by atoms with Crippen molar-refractivity contribution >= 4 is 33.2 Å². The van der Waals surface area contributed by atoms with Crippen molar-refractivity contribution in [3.8, 4) is 5.75 Å². The Balaban J connectivity index is 2.19. The predicted molar refractivity (Wildman–Crippen MR) is 96.3 cm³/mol. The SMILES string of the molecule is COc1ccc(Cl)cc1N(CC(=O)NCc1ccncc1)S(C)(=O)=O. The van der Waals surface area contributed by atoms with Crippen molar-refractivity contribution in [3.63, 3.8) is 0 Å². The molecule has 7 nitrogen and oxygen atoms in total. The third-order valence-electron chi connectivity index (χ3n) is 3.34. The summed E-state index contributed by atoms with van der Waals surface area (Å²) in [5.74, 6) is -0.152. The van der Waals surface area contributed by atoms with Gasteiger partial charge < -0.3 is 10.1 Å². The molecule has 1 aromatic heterocycles. The van der Waals surface area contributed by atoms with Gasteiger partial charge in [0.25, 0.3) is 0 Å². The van der Waals surface area contributed by atoms with Crippen LogP contribution in [0.5, 0.6) is 5.75 Å². The standard InChI is InChI=1S/C16H18ClN3O4S/c1-24-15-4-3-13(17)9-14(15)20(25(2,22)23)11-16(21)19-10-12-5-7-18-8-6-12/h3-9H,10-11H2,1-2H3,(H,19,21). The molecule has 0 atom stereocenters. The topological polar surface area (TPSA) is 88.6 Å². The number of aromatic nitrogens is 1. The van der Waals surface area contributed by atoms with E-state index in [2.05, 4.69) is 10.3 Å². The smallest absolute Gasteiger partial charge is 0.241 e. The minimum absolute atomic E-state index is 0.205. The molecule has 1 heterocycles. The normalized spacial score (nSPS) is 11.0. The van der Waals surface area contributed by atoms with Gasteiger partial charge in [0.05, 0.1) is 19.1 Å². The lowest BCUT2D eigenvalue weighted by atomic mass is 10.2. The summed E-state index contributed by atoms with van der Waals surface area (Å²) < 4.78 is 30.5. The predicted octanol–water partition coefficient (Wildman–Crippen LogP) is 1.83. The van der Waals surface area contributed by atoms with Gasteiger partial charge in [0.15, 0.2) is 0 Å². The van der Waals surface area contributed by atoms with Crippen LogP contribution in [0.2, 0.25) is 5.02 Å². The number of carbonyl (C=O) groups excluding carboxylic acids is 1. The fraction of sp³-hybridized carbons (Fsp3) is 0.250. The third-order valence-corrected chi connectivity index (χ3v) is 4.70. The fourth-order valence-electron chi connectivity index (χ4n) is 2.13. The van der Waals surface area contributed by atoms with Gasteiger partial charge in [0.2, 0.25) is 15.9 Å². The Hall–Kier alpha value is -2.32. The summed E-state index contributed by atoms with van der Waals surface area (Å²) in [5, 5.41) is 3.01. The third kappa shape index (κ3) is 5.33. The Kier molecular flexibility index (Phi) is 6.22. The first-order valence-corrected chi connectivity index (χ1v) is 9.50. The van der Waals surface area contributed by atoms with E-state index in [1.165, 1.54) is 13.2 Å². The number of benzene rings is 1. The number of ether oxygens (including phenoxy) is 1. The molecule has 9 heteroatoms. The van der Waals surface area contributed by atoms with Crippen molar-refractivity contribution in [2.75, 3.05) is 24.2 Å². The molecule has 0 spiro atoms. The van der Waals surface area contributed by atoms with Crippen molar-refractivity contribution in [2.45, 2.75) is 6.54 Å². The van der Waals surface area contributed by atoms with Gasteiger partial charge in [-0.2, -0.15) is 0 Å². The Bertz CT molecular complexity index is 844. The molecule has 0 unspecified atom stereocenters. The number of nitrogens with one attached hydrogen (secondary N) is 1. The molecular weight excluding hydrogens is 366 g/mol. The van der Waals surface area contributed by atoms with E-state index in [-0.39, 0.29) is 18.8 Å². The monoisotopic (exact) mass is 383 g/mol. The molecule has 0 bridgehead atoms. The van der Waals surface area contributed by atoms with Crippen molar-refractivity contribution in [1.82, 2.24) is 10.3 Å². The number of carbonyl (C=O) groups is 1. The van der Waals surface area contributed by atoms with Gasteiger partial charge in [-0.25, -0.2) is 8.42 Å². The van der Waals surface area contributed by atoms with Crippen molar-refractivity contribution in [1.29, 1.82) is 0 Å². The Morgan fingerprint density at radius 1 is 1.28 bits per heavy atom. The number of nitrogens with zero attached hydrogens (tertiary/aromatic N) is 2. The average molecular weight is 384 g/mol. The van der Waals surface area contributed by atoms with E-state index in [4.69, 9.17) is 16.3 Å². The summed E-state index contributed by atoms with van der Waals surface area (Å²) in [7, 11) is -2.31. The first kappa shape index (κ1) is 19.0. The van der Waals surface area contributed by atoms with E-state index in [0.717, 1.165) is 16.1 Å². The van der Waals surface area contributed by atoms with E-state index in [0.29, 0.717) is 10.8 Å².